The lowest BCUT2D eigenvalue weighted by atomic mass is 10.2. The van der Waals surface area contributed by atoms with Crippen LogP contribution in [0.15, 0.2) is 91.0 Å². The summed E-state index contributed by atoms with van der Waals surface area (Å²) in [6.07, 6.45) is -0.234. The van der Waals surface area contributed by atoms with Gasteiger partial charge in [-0.2, -0.15) is 0 Å². The summed E-state index contributed by atoms with van der Waals surface area (Å²) in [5.41, 5.74) is 3.06. The number of rotatable bonds is 11. The van der Waals surface area contributed by atoms with Gasteiger partial charge in [-0.15, -0.1) is 0 Å². The number of carbonyl (C=O) groups excluding carboxylic acids is 1. The molecule has 0 aromatic heterocycles. The van der Waals surface area contributed by atoms with Crippen LogP contribution >= 0.6 is 0 Å². The van der Waals surface area contributed by atoms with Crippen LogP contribution in [0, 0.1) is 0 Å². The molecule has 1 atom stereocenters. The van der Waals surface area contributed by atoms with Crippen molar-refractivity contribution >= 4 is 5.97 Å². The number of hydrogen-bond donors (Lipinski definition) is 0. The van der Waals surface area contributed by atoms with Gasteiger partial charge in [-0.1, -0.05) is 91.0 Å². The Labute approximate surface area is 172 Å². The molecule has 0 unspecified atom stereocenters. The molecule has 4 nitrogen and oxygen atoms in total. The molecule has 150 valence electrons. The number of carbonyl (C=O) groups is 1. The van der Waals surface area contributed by atoms with E-state index in [0.29, 0.717) is 26.2 Å². The molecule has 3 rings (SSSR count). The molecule has 0 bridgehead atoms. The largest absolute Gasteiger partial charge is 0.459 e. The fourth-order valence-electron chi connectivity index (χ4n) is 2.82. The fourth-order valence-corrected chi connectivity index (χ4v) is 2.82. The number of hydrogen-bond acceptors (Lipinski definition) is 4. The summed E-state index contributed by atoms with van der Waals surface area (Å²) in [5.74, 6) is -0.368. The van der Waals surface area contributed by atoms with E-state index in [1.165, 1.54) is 0 Å². The Bertz CT molecular complexity index is 834. The zero-order chi connectivity index (χ0) is 20.2. The van der Waals surface area contributed by atoms with Gasteiger partial charge >= 0.3 is 5.97 Å². The molecule has 4 heteroatoms. The standard InChI is InChI=1S/C25H26O4/c26-25(29-20-23-14-8-3-9-15-23)24(28-19-22-12-6-2-7-13-22)16-17-27-18-21-10-4-1-5-11-21/h1-15,24H,16-20H2/t24-/m0/s1. The molecule has 0 N–H and O–H groups in total. The molecule has 0 aliphatic heterocycles. The highest BCUT2D eigenvalue weighted by Crippen LogP contribution is 2.11. The van der Waals surface area contributed by atoms with Crippen molar-refractivity contribution in [3.05, 3.63) is 108 Å². The van der Waals surface area contributed by atoms with Gasteiger partial charge in [-0.05, 0) is 16.7 Å². The van der Waals surface area contributed by atoms with E-state index in [-0.39, 0.29) is 12.6 Å². The van der Waals surface area contributed by atoms with Gasteiger partial charge in [-0.25, -0.2) is 4.79 Å². The molecule has 3 aromatic carbocycles. The highest BCUT2D eigenvalue weighted by molar-refractivity contribution is 5.74. The van der Waals surface area contributed by atoms with Crippen molar-refractivity contribution in [1.82, 2.24) is 0 Å². The number of esters is 1. The quantitative estimate of drug-likeness (QED) is 0.344. The Morgan fingerprint density at radius 3 is 1.69 bits per heavy atom. The first-order valence-corrected chi connectivity index (χ1v) is 9.79. The molecule has 0 aliphatic rings. The van der Waals surface area contributed by atoms with Crippen LogP contribution in [-0.4, -0.2) is 18.7 Å². The second-order valence-electron chi connectivity index (χ2n) is 6.71. The lowest BCUT2D eigenvalue weighted by Gasteiger charge is -2.17. The molecule has 0 saturated carbocycles. The van der Waals surface area contributed by atoms with Crippen molar-refractivity contribution in [2.24, 2.45) is 0 Å². The summed E-state index contributed by atoms with van der Waals surface area (Å²) in [6.45, 7) is 1.50. The summed E-state index contributed by atoms with van der Waals surface area (Å²) in [6, 6.07) is 29.4. The zero-order valence-electron chi connectivity index (χ0n) is 16.4. The zero-order valence-corrected chi connectivity index (χ0v) is 16.4. The molecule has 29 heavy (non-hydrogen) atoms. The Morgan fingerprint density at radius 2 is 1.14 bits per heavy atom. The topological polar surface area (TPSA) is 44.8 Å². The van der Waals surface area contributed by atoms with Gasteiger partial charge in [0.2, 0.25) is 0 Å². The van der Waals surface area contributed by atoms with Gasteiger partial charge in [0, 0.05) is 6.42 Å². The van der Waals surface area contributed by atoms with E-state index in [2.05, 4.69) is 0 Å². The van der Waals surface area contributed by atoms with E-state index < -0.39 is 6.10 Å². The molecule has 0 aliphatic carbocycles. The smallest absolute Gasteiger partial charge is 0.335 e. The Morgan fingerprint density at radius 1 is 0.655 bits per heavy atom. The van der Waals surface area contributed by atoms with Gasteiger partial charge in [0.05, 0.1) is 19.8 Å². The average Bonchev–Trinajstić information content (AvgIpc) is 2.79. The Kier molecular flexibility index (Phi) is 8.45. The minimum absolute atomic E-state index is 0.232. The van der Waals surface area contributed by atoms with Crippen LogP contribution in [0.2, 0.25) is 0 Å². The predicted octanol–water partition coefficient (Wildman–Crippen LogP) is 4.92. The predicted molar refractivity (Wildman–Crippen MR) is 112 cm³/mol. The van der Waals surface area contributed by atoms with E-state index in [4.69, 9.17) is 14.2 Å². The summed E-state index contributed by atoms with van der Waals surface area (Å²) >= 11 is 0. The third-order valence-corrected chi connectivity index (χ3v) is 4.42. The lowest BCUT2D eigenvalue weighted by Crippen LogP contribution is -2.28. The van der Waals surface area contributed by atoms with Gasteiger partial charge in [0.1, 0.15) is 6.61 Å². The SMILES string of the molecule is O=C(OCc1ccccc1)[C@H](CCOCc1ccccc1)OCc1ccccc1. The van der Waals surface area contributed by atoms with Crippen LogP contribution in [-0.2, 0) is 38.8 Å². The summed E-state index contributed by atoms with van der Waals surface area (Å²) in [7, 11) is 0. The molecular weight excluding hydrogens is 364 g/mol. The maximum atomic E-state index is 12.6. The number of benzene rings is 3. The van der Waals surface area contributed by atoms with Gasteiger partial charge in [0.15, 0.2) is 6.10 Å². The minimum atomic E-state index is -0.672. The van der Waals surface area contributed by atoms with Gasteiger partial charge in [0.25, 0.3) is 0 Å². The molecule has 0 saturated heterocycles. The van der Waals surface area contributed by atoms with Crippen molar-refractivity contribution in [1.29, 1.82) is 0 Å². The van der Waals surface area contributed by atoms with Crippen molar-refractivity contribution in [3.63, 3.8) is 0 Å². The third kappa shape index (κ3) is 7.53. The van der Waals surface area contributed by atoms with Crippen LogP contribution < -0.4 is 0 Å². The Balaban J connectivity index is 1.50. The van der Waals surface area contributed by atoms with Crippen LogP contribution in [0.1, 0.15) is 23.1 Å². The van der Waals surface area contributed by atoms with Crippen LogP contribution in [0.4, 0.5) is 0 Å². The van der Waals surface area contributed by atoms with Crippen molar-refractivity contribution in [2.45, 2.75) is 32.3 Å². The first-order chi connectivity index (χ1) is 14.3. The molecular formula is C25H26O4. The first kappa shape index (κ1) is 20.8. The van der Waals surface area contributed by atoms with E-state index in [9.17, 15) is 4.79 Å². The monoisotopic (exact) mass is 390 g/mol. The normalized spacial score (nSPS) is 11.7. The van der Waals surface area contributed by atoms with Crippen molar-refractivity contribution in [2.75, 3.05) is 6.61 Å². The third-order valence-electron chi connectivity index (χ3n) is 4.42. The second-order valence-corrected chi connectivity index (χ2v) is 6.71. The molecule has 0 radical (unpaired) electrons. The van der Waals surface area contributed by atoms with Gasteiger partial charge in [-0.3, -0.25) is 0 Å². The molecule has 0 heterocycles. The highest BCUT2D eigenvalue weighted by Gasteiger charge is 2.21. The maximum absolute atomic E-state index is 12.6. The van der Waals surface area contributed by atoms with Crippen LogP contribution in [0.5, 0.6) is 0 Å². The molecule has 3 aromatic rings. The molecule has 0 spiro atoms. The van der Waals surface area contributed by atoms with E-state index in [1.807, 2.05) is 91.0 Å². The summed E-state index contributed by atoms with van der Waals surface area (Å²) < 4.78 is 17.1. The second kappa shape index (κ2) is 11.8. The van der Waals surface area contributed by atoms with Crippen LogP contribution in [0.25, 0.3) is 0 Å². The first-order valence-electron chi connectivity index (χ1n) is 9.79. The Hall–Kier alpha value is -2.95. The lowest BCUT2D eigenvalue weighted by molar-refractivity contribution is -0.161. The molecule has 0 fully saturated rings. The average molecular weight is 390 g/mol. The molecule has 0 amide bonds. The summed E-state index contributed by atoms with van der Waals surface area (Å²) in [5, 5.41) is 0. The minimum Gasteiger partial charge on any atom is -0.459 e. The summed E-state index contributed by atoms with van der Waals surface area (Å²) in [4.78, 5) is 12.6. The maximum Gasteiger partial charge on any atom is 0.335 e. The van der Waals surface area contributed by atoms with Crippen molar-refractivity contribution in [3.8, 4) is 0 Å². The number of ether oxygens (including phenoxy) is 3. The van der Waals surface area contributed by atoms with Crippen LogP contribution in [0.3, 0.4) is 0 Å². The van der Waals surface area contributed by atoms with E-state index in [1.54, 1.807) is 0 Å². The van der Waals surface area contributed by atoms with Crippen molar-refractivity contribution < 1.29 is 19.0 Å². The fraction of sp³-hybridized carbons (Fsp3) is 0.240. The van der Waals surface area contributed by atoms with E-state index >= 15 is 0 Å². The van der Waals surface area contributed by atoms with Gasteiger partial charge < -0.3 is 14.2 Å². The highest BCUT2D eigenvalue weighted by atomic mass is 16.6. The van der Waals surface area contributed by atoms with E-state index in [0.717, 1.165) is 16.7 Å².